The van der Waals surface area contributed by atoms with Crippen LogP contribution in [0.2, 0.25) is 0 Å². The highest BCUT2D eigenvalue weighted by Crippen LogP contribution is 2.41. The highest BCUT2D eigenvalue weighted by atomic mass is 19.1. The lowest BCUT2D eigenvalue weighted by Crippen LogP contribution is -2.55. The van der Waals surface area contributed by atoms with Gasteiger partial charge in [0.05, 0.1) is 11.3 Å². The number of anilines is 3. The fraction of sp³-hybridized carbons (Fsp3) is 0.375. The van der Waals surface area contributed by atoms with Crippen molar-refractivity contribution in [2.45, 2.75) is 38.9 Å². The van der Waals surface area contributed by atoms with Gasteiger partial charge in [-0.2, -0.15) is 0 Å². The van der Waals surface area contributed by atoms with Gasteiger partial charge in [-0.15, -0.1) is 0 Å². The molecule has 1 aliphatic carbocycles. The number of nitrogen functional groups attached to an aromatic ring is 1. The van der Waals surface area contributed by atoms with Gasteiger partial charge in [0, 0.05) is 47.8 Å². The summed E-state index contributed by atoms with van der Waals surface area (Å²) in [6.07, 6.45) is 2.31. The summed E-state index contributed by atoms with van der Waals surface area (Å²) in [6.45, 7) is 6.55. The van der Waals surface area contributed by atoms with Crippen LogP contribution in [-0.4, -0.2) is 46.0 Å². The molecule has 2 aliphatic rings. The van der Waals surface area contributed by atoms with Crippen LogP contribution in [0.5, 0.6) is 5.88 Å². The molecular weight excluding hydrogens is 441 g/mol. The molecule has 1 aliphatic heterocycles. The number of nitrogens with two attached hydrogens (primary N) is 1. The molecule has 1 aromatic carbocycles. The summed E-state index contributed by atoms with van der Waals surface area (Å²) >= 11 is 0. The zero-order chi connectivity index (χ0) is 24.2. The standard InChI is InChI=1S/C24H26FN5O4/c1-11-15(9-29-22-21(11)27-4-5-33-22)14-6-13-7-18(28-10-16(13)20(26)19(14)25)30-23(31)34-17-8-24(3,32)12(17)2/h6-7,9-10,12,17,27,32H,4-5,8,26H2,1-3H3,(H,28,30,31)/t12-,17+,24+/m1/s1. The molecule has 0 bridgehead atoms. The summed E-state index contributed by atoms with van der Waals surface area (Å²) in [6, 6.07) is 3.27. The summed E-state index contributed by atoms with van der Waals surface area (Å²) < 4.78 is 26.2. The molecule has 1 fully saturated rings. The molecule has 34 heavy (non-hydrogen) atoms. The van der Waals surface area contributed by atoms with Gasteiger partial charge in [0.25, 0.3) is 0 Å². The summed E-state index contributed by atoms with van der Waals surface area (Å²) in [7, 11) is 0. The number of nitrogens with zero attached hydrogens (tertiary/aromatic N) is 2. The average Bonchev–Trinajstić information content (AvgIpc) is 2.81. The van der Waals surface area contributed by atoms with Crippen molar-refractivity contribution in [3.63, 3.8) is 0 Å². The quantitative estimate of drug-likeness (QED) is 0.427. The molecule has 5 rings (SSSR count). The van der Waals surface area contributed by atoms with E-state index in [1.807, 2.05) is 13.8 Å². The highest BCUT2D eigenvalue weighted by molar-refractivity contribution is 5.99. The maximum Gasteiger partial charge on any atom is 0.413 e. The number of benzene rings is 1. The third kappa shape index (κ3) is 3.63. The fourth-order valence-electron chi connectivity index (χ4n) is 4.48. The van der Waals surface area contributed by atoms with E-state index in [0.29, 0.717) is 41.8 Å². The predicted molar refractivity (Wildman–Crippen MR) is 126 cm³/mol. The van der Waals surface area contributed by atoms with Crippen LogP contribution in [0.25, 0.3) is 21.9 Å². The SMILES string of the molecule is Cc1c(-c2cc3cc(NC(=O)O[C@H]4C[C@](C)(O)[C@@H]4C)ncc3c(N)c2F)cnc2c1NCCO2. The first kappa shape index (κ1) is 22.1. The largest absolute Gasteiger partial charge is 0.474 e. The summed E-state index contributed by atoms with van der Waals surface area (Å²) in [4.78, 5) is 20.8. The number of aliphatic hydroxyl groups is 1. The molecule has 3 atom stereocenters. The molecule has 2 aromatic heterocycles. The van der Waals surface area contributed by atoms with Crippen molar-refractivity contribution in [3.05, 3.63) is 35.9 Å². The number of fused-ring (bicyclic) bond motifs is 2. The van der Waals surface area contributed by atoms with Gasteiger partial charge in [0.2, 0.25) is 5.88 Å². The van der Waals surface area contributed by atoms with Crippen LogP contribution in [0.1, 0.15) is 25.8 Å². The lowest BCUT2D eigenvalue weighted by atomic mass is 9.69. The van der Waals surface area contributed by atoms with Crippen LogP contribution in [0.3, 0.4) is 0 Å². The van der Waals surface area contributed by atoms with Gasteiger partial charge in [-0.3, -0.25) is 5.32 Å². The maximum absolute atomic E-state index is 15.3. The van der Waals surface area contributed by atoms with E-state index in [0.717, 1.165) is 11.3 Å². The molecule has 0 saturated heterocycles. The number of aromatic nitrogens is 2. The molecule has 1 amide bonds. The summed E-state index contributed by atoms with van der Waals surface area (Å²) in [5.41, 5.74) is 7.63. The zero-order valence-corrected chi connectivity index (χ0v) is 19.1. The minimum atomic E-state index is -0.838. The van der Waals surface area contributed by atoms with Crippen LogP contribution < -0.4 is 21.1 Å². The van der Waals surface area contributed by atoms with Crippen LogP contribution >= 0.6 is 0 Å². The third-order valence-electron chi connectivity index (χ3n) is 6.88. The molecule has 9 nitrogen and oxygen atoms in total. The number of hydrogen-bond acceptors (Lipinski definition) is 8. The third-order valence-corrected chi connectivity index (χ3v) is 6.88. The van der Waals surface area contributed by atoms with Gasteiger partial charge < -0.3 is 25.6 Å². The van der Waals surface area contributed by atoms with Crippen LogP contribution in [0.4, 0.5) is 26.4 Å². The first-order valence-electron chi connectivity index (χ1n) is 11.1. The Morgan fingerprint density at radius 3 is 2.88 bits per heavy atom. The molecule has 1 saturated carbocycles. The number of amides is 1. The van der Waals surface area contributed by atoms with Crippen molar-refractivity contribution < 1.29 is 23.8 Å². The van der Waals surface area contributed by atoms with Crippen molar-refractivity contribution >= 4 is 34.1 Å². The first-order valence-corrected chi connectivity index (χ1v) is 11.1. The molecule has 5 N–H and O–H groups in total. The number of carbonyl (C=O) groups excluding carboxylic acids is 1. The van der Waals surface area contributed by atoms with Gasteiger partial charge in [-0.25, -0.2) is 19.2 Å². The van der Waals surface area contributed by atoms with Crippen molar-refractivity contribution in [1.29, 1.82) is 0 Å². The van der Waals surface area contributed by atoms with E-state index in [9.17, 15) is 9.90 Å². The Morgan fingerprint density at radius 2 is 2.15 bits per heavy atom. The van der Waals surface area contributed by atoms with Gasteiger partial charge in [0.15, 0.2) is 5.82 Å². The van der Waals surface area contributed by atoms with E-state index >= 15 is 4.39 Å². The van der Waals surface area contributed by atoms with Crippen LogP contribution in [0, 0.1) is 18.7 Å². The Bertz CT molecular complexity index is 1310. The number of nitrogens with one attached hydrogen (secondary N) is 2. The summed E-state index contributed by atoms with van der Waals surface area (Å²) in [5.74, 6) is -0.00904. The van der Waals surface area contributed by atoms with E-state index < -0.39 is 17.5 Å². The van der Waals surface area contributed by atoms with Crippen LogP contribution in [-0.2, 0) is 4.74 Å². The molecule has 0 unspecified atom stereocenters. The van der Waals surface area contributed by atoms with E-state index in [1.165, 1.54) is 6.20 Å². The topological polar surface area (TPSA) is 132 Å². The second-order valence-corrected chi connectivity index (χ2v) is 9.11. The van der Waals surface area contributed by atoms with E-state index in [4.69, 9.17) is 15.2 Å². The van der Waals surface area contributed by atoms with Crippen molar-refractivity contribution in [3.8, 4) is 17.0 Å². The number of carbonyl (C=O) groups is 1. The molecule has 3 heterocycles. The normalized spacial score (nSPS) is 23.3. The lowest BCUT2D eigenvalue weighted by Gasteiger charge is -2.46. The van der Waals surface area contributed by atoms with E-state index in [-0.39, 0.29) is 29.1 Å². The van der Waals surface area contributed by atoms with Gasteiger partial charge >= 0.3 is 6.09 Å². The Morgan fingerprint density at radius 1 is 1.35 bits per heavy atom. The molecule has 0 radical (unpaired) electrons. The Balaban J connectivity index is 1.45. The second kappa shape index (κ2) is 7.98. The number of rotatable bonds is 3. The van der Waals surface area contributed by atoms with Gasteiger partial charge in [0.1, 0.15) is 24.2 Å². The molecule has 178 valence electrons. The number of ether oxygens (including phenoxy) is 2. The minimum Gasteiger partial charge on any atom is -0.474 e. The van der Waals surface area contributed by atoms with E-state index in [2.05, 4.69) is 20.6 Å². The molecular formula is C24H26FN5O4. The van der Waals surface area contributed by atoms with Gasteiger partial charge in [-0.1, -0.05) is 6.92 Å². The molecule has 10 heteroatoms. The van der Waals surface area contributed by atoms with Crippen molar-refractivity contribution in [2.24, 2.45) is 5.92 Å². The first-order chi connectivity index (χ1) is 16.2. The number of halogens is 1. The lowest BCUT2D eigenvalue weighted by molar-refractivity contribution is -0.153. The highest BCUT2D eigenvalue weighted by Gasteiger charge is 2.49. The molecule has 3 aromatic rings. The summed E-state index contributed by atoms with van der Waals surface area (Å²) in [5, 5.41) is 16.9. The minimum absolute atomic E-state index is 0.0408. The Hall–Kier alpha value is -3.66. The Kier molecular flexibility index (Phi) is 5.20. The monoisotopic (exact) mass is 467 g/mol. The molecule has 0 spiro atoms. The Labute approximate surface area is 195 Å². The fourth-order valence-corrected chi connectivity index (χ4v) is 4.48. The predicted octanol–water partition coefficient (Wildman–Crippen LogP) is 3.84. The van der Waals surface area contributed by atoms with E-state index in [1.54, 1.807) is 25.3 Å². The smallest absolute Gasteiger partial charge is 0.413 e. The van der Waals surface area contributed by atoms with Gasteiger partial charge in [-0.05, 0) is 36.9 Å². The van der Waals surface area contributed by atoms with Crippen molar-refractivity contribution in [1.82, 2.24) is 9.97 Å². The maximum atomic E-state index is 15.3. The van der Waals surface area contributed by atoms with Crippen LogP contribution in [0.15, 0.2) is 24.5 Å². The second-order valence-electron chi connectivity index (χ2n) is 9.11. The zero-order valence-electron chi connectivity index (χ0n) is 19.1. The average molecular weight is 468 g/mol. The number of pyridine rings is 2. The van der Waals surface area contributed by atoms with Crippen molar-refractivity contribution in [2.75, 3.05) is 29.5 Å². The number of hydrogen-bond donors (Lipinski definition) is 4.